The molecule has 2 aromatic rings. The zero-order valence-electron chi connectivity index (χ0n) is 18.8. The van der Waals surface area contributed by atoms with Crippen LogP contribution < -0.4 is 4.90 Å². The Bertz CT molecular complexity index is 996. The van der Waals surface area contributed by atoms with Crippen LogP contribution in [0.25, 0.3) is 5.65 Å². The average molecular weight is 459 g/mol. The molecular formula is C22H30N6O5. The summed E-state index contributed by atoms with van der Waals surface area (Å²) in [5.74, 6) is 0.818. The van der Waals surface area contributed by atoms with Gasteiger partial charge in [0.05, 0.1) is 26.4 Å². The van der Waals surface area contributed by atoms with E-state index in [4.69, 9.17) is 24.0 Å². The predicted octanol–water partition coefficient (Wildman–Crippen LogP) is 0.766. The highest BCUT2D eigenvalue weighted by atomic mass is 16.7. The molecule has 0 radical (unpaired) electrons. The second-order valence-electron chi connectivity index (χ2n) is 9.16. The minimum atomic E-state index is -0.468. The van der Waals surface area contributed by atoms with Crippen LogP contribution in [-0.4, -0.2) is 94.8 Å². The highest BCUT2D eigenvalue weighted by Gasteiger charge is 2.41. The molecule has 0 aliphatic carbocycles. The maximum Gasteiger partial charge on any atom is 0.223 e. The lowest BCUT2D eigenvalue weighted by molar-refractivity contribution is -0.187. The molecule has 2 aromatic heterocycles. The van der Waals surface area contributed by atoms with Crippen molar-refractivity contribution in [2.24, 2.45) is 0 Å². The third-order valence-corrected chi connectivity index (χ3v) is 7.23. The van der Waals surface area contributed by atoms with Gasteiger partial charge in [0, 0.05) is 64.7 Å². The van der Waals surface area contributed by atoms with Crippen LogP contribution in [0.5, 0.6) is 0 Å². The standard InChI is InChI=1S/C22H30N6O5/c29-20(27-11-7-22(8-12-27)32-15-16-33-22)4-3-18-24-23-17-1-2-19(25-28(17)18)26-9-5-21(6-10-26)30-13-14-31-21/h1-2H,3-16H2. The zero-order chi connectivity index (χ0) is 22.3. The summed E-state index contributed by atoms with van der Waals surface area (Å²) in [5, 5.41) is 13.3. The van der Waals surface area contributed by atoms with E-state index in [-0.39, 0.29) is 5.91 Å². The summed E-state index contributed by atoms with van der Waals surface area (Å²) in [6.07, 6.45) is 3.97. The number of likely N-dealkylation sites (tertiary alicyclic amines) is 1. The summed E-state index contributed by atoms with van der Waals surface area (Å²) < 4.78 is 24.9. The lowest BCUT2D eigenvalue weighted by atomic mass is 10.0. The minimum Gasteiger partial charge on any atom is -0.355 e. The van der Waals surface area contributed by atoms with E-state index in [9.17, 15) is 4.79 Å². The molecule has 4 aliphatic rings. The SMILES string of the molecule is O=C(CCc1nnc2ccc(N3CCC4(CC3)OCCO4)nn12)N1CCC2(CC1)OCCO2. The number of carbonyl (C=O) groups is 1. The van der Waals surface area contributed by atoms with Gasteiger partial charge in [0.25, 0.3) is 0 Å². The Morgan fingerprint density at radius 3 is 2.09 bits per heavy atom. The van der Waals surface area contributed by atoms with Gasteiger partial charge in [0.2, 0.25) is 5.91 Å². The monoisotopic (exact) mass is 458 g/mol. The molecule has 0 bridgehead atoms. The number of nitrogens with zero attached hydrogens (tertiary/aromatic N) is 6. The van der Waals surface area contributed by atoms with Crippen LogP contribution in [0.15, 0.2) is 12.1 Å². The molecule has 4 saturated heterocycles. The van der Waals surface area contributed by atoms with Crippen LogP contribution in [0.3, 0.4) is 0 Å². The first-order valence-electron chi connectivity index (χ1n) is 11.9. The highest BCUT2D eigenvalue weighted by Crippen LogP contribution is 2.33. The molecule has 0 N–H and O–H groups in total. The fraction of sp³-hybridized carbons (Fsp3) is 0.727. The van der Waals surface area contributed by atoms with Crippen molar-refractivity contribution in [3.05, 3.63) is 18.0 Å². The number of rotatable bonds is 4. The summed E-state index contributed by atoms with van der Waals surface area (Å²) in [6, 6.07) is 3.91. The van der Waals surface area contributed by atoms with Crippen molar-refractivity contribution in [2.45, 2.75) is 50.1 Å². The quantitative estimate of drug-likeness (QED) is 0.657. The van der Waals surface area contributed by atoms with E-state index in [1.165, 1.54) is 0 Å². The summed E-state index contributed by atoms with van der Waals surface area (Å²) in [6.45, 7) is 5.58. The number of hydrogen-bond acceptors (Lipinski definition) is 9. The number of carbonyl (C=O) groups excluding carboxylic acids is 1. The van der Waals surface area contributed by atoms with E-state index in [1.807, 2.05) is 17.0 Å². The molecule has 11 nitrogen and oxygen atoms in total. The van der Waals surface area contributed by atoms with Gasteiger partial charge in [-0.1, -0.05) is 0 Å². The van der Waals surface area contributed by atoms with Gasteiger partial charge in [-0.2, -0.15) is 4.52 Å². The van der Waals surface area contributed by atoms with Crippen LogP contribution in [-0.2, 0) is 30.2 Å². The number of amides is 1. The lowest BCUT2D eigenvalue weighted by Gasteiger charge is -2.38. The van der Waals surface area contributed by atoms with Gasteiger partial charge in [0.1, 0.15) is 5.82 Å². The smallest absolute Gasteiger partial charge is 0.223 e. The van der Waals surface area contributed by atoms with Crippen LogP contribution in [0.1, 0.15) is 37.9 Å². The lowest BCUT2D eigenvalue weighted by Crippen LogP contribution is -2.47. The van der Waals surface area contributed by atoms with Gasteiger partial charge in [-0.3, -0.25) is 4.79 Å². The topological polar surface area (TPSA) is 104 Å². The van der Waals surface area contributed by atoms with Gasteiger partial charge < -0.3 is 28.7 Å². The second kappa shape index (κ2) is 8.46. The summed E-state index contributed by atoms with van der Waals surface area (Å²) in [7, 11) is 0. The van der Waals surface area contributed by atoms with Gasteiger partial charge in [-0.25, -0.2) is 0 Å². The van der Waals surface area contributed by atoms with Crippen molar-refractivity contribution < 1.29 is 23.7 Å². The fourth-order valence-electron chi connectivity index (χ4n) is 5.27. The Hall–Kier alpha value is -2.34. The van der Waals surface area contributed by atoms with Gasteiger partial charge in [-0.05, 0) is 12.1 Å². The second-order valence-corrected chi connectivity index (χ2v) is 9.16. The molecule has 2 spiro atoms. The molecule has 6 rings (SSSR count). The average Bonchev–Trinajstić information content (AvgIpc) is 3.59. The fourth-order valence-corrected chi connectivity index (χ4v) is 5.27. The van der Waals surface area contributed by atoms with Gasteiger partial charge in [-0.15, -0.1) is 15.3 Å². The number of aryl methyl sites for hydroxylation is 1. The van der Waals surface area contributed by atoms with Crippen LogP contribution in [0, 0.1) is 0 Å². The molecule has 4 aliphatic heterocycles. The number of aromatic nitrogens is 4. The molecule has 6 heterocycles. The van der Waals surface area contributed by atoms with Crippen molar-refractivity contribution in [2.75, 3.05) is 57.5 Å². The maximum absolute atomic E-state index is 12.8. The van der Waals surface area contributed by atoms with Crippen molar-refractivity contribution in [3.63, 3.8) is 0 Å². The Balaban J connectivity index is 1.08. The van der Waals surface area contributed by atoms with Crippen LogP contribution >= 0.6 is 0 Å². The first-order valence-corrected chi connectivity index (χ1v) is 11.9. The Morgan fingerprint density at radius 2 is 1.45 bits per heavy atom. The van der Waals surface area contributed by atoms with E-state index in [1.54, 1.807) is 4.52 Å². The Labute approximate surface area is 191 Å². The van der Waals surface area contributed by atoms with E-state index in [2.05, 4.69) is 15.1 Å². The molecular weight excluding hydrogens is 428 g/mol. The number of ether oxygens (including phenoxy) is 4. The first-order chi connectivity index (χ1) is 16.1. The van der Waals surface area contributed by atoms with E-state index in [0.29, 0.717) is 63.8 Å². The normalized spacial score (nSPS) is 24.4. The van der Waals surface area contributed by atoms with Gasteiger partial charge >= 0.3 is 0 Å². The number of piperidine rings is 2. The van der Waals surface area contributed by atoms with Gasteiger partial charge in [0.15, 0.2) is 23.0 Å². The molecule has 0 saturated carbocycles. The zero-order valence-corrected chi connectivity index (χ0v) is 18.8. The Kier molecular flexibility index (Phi) is 5.44. The van der Waals surface area contributed by atoms with E-state index >= 15 is 0 Å². The first kappa shape index (κ1) is 21.2. The third-order valence-electron chi connectivity index (χ3n) is 7.23. The van der Waals surface area contributed by atoms with E-state index < -0.39 is 11.6 Å². The van der Waals surface area contributed by atoms with Crippen molar-refractivity contribution in [3.8, 4) is 0 Å². The summed E-state index contributed by atoms with van der Waals surface area (Å²) in [4.78, 5) is 16.9. The summed E-state index contributed by atoms with van der Waals surface area (Å²) in [5.41, 5.74) is 0.688. The largest absolute Gasteiger partial charge is 0.355 e. The van der Waals surface area contributed by atoms with Crippen LogP contribution in [0.4, 0.5) is 5.82 Å². The molecule has 178 valence electrons. The molecule has 0 aromatic carbocycles. The number of hydrogen-bond donors (Lipinski definition) is 0. The minimum absolute atomic E-state index is 0.119. The molecule has 1 amide bonds. The Morgan fingerprint density at radius 1 is 0.848 bits per heavy atom. The van der Waals surface area contributed by atoms with Crippen molar-refractivity contribution >= 4 is 17.4 Å². The predicted molar refractivity (Wildman–Crippen MR) is 116 cm³/mol. The maximum atomic E-state index is 12.8. The molecule has 4 fully saturated rings. The molecule has 11 heteroatoms. The molecule has 0 atom stereocenters. The van der Waals surface area contributed by atoms with Crippen LogP contribution in [0.2, 0.25) is 0 Å². The third kappa shape index (κ3) is 4.07. The molecule has 0 unspecified atom stereocenters. The summed E-state index contributed by atoms with van der Waals surface area (Å²) >= 11 is 0. The number of anilines is 1. The van der Waals surface area contributed by atoms with Crippen molar-refractivity contribution in [1.82, 2.24) is 24.7 Å². The van der Waals surface area contributed by atoms with E-state index in [0.717, 1.165) is 44.6 Å². The molecule has 33 heavy (non-hydrogen) atoms. The number of fused-ring (bicyclic) bond motifs is 1. The van der Waals surface area contributed by atoms with Crippen molar-refractivity contribution in [1.29, 1.82) is 0 Å². The highest BCUT2D eigenvalue weighted by molar-refractivity contribution is 5.76.